The van der Waals surface area contributed by atoms with Gasteiger partial charge in [-0.25, -0.2) is 16.8 Å². The van der Waals surface area contributed by atoms with Crippen molar-refractivity contribution >= 4 is 43.0 Å². The molecule has 1 aliphatic heterocycles. The minimum absolute atomic E-state index is 0.0679. The molecule has 4 atom stereocenters. The molecule has 0 radical (unpaired) electrons. The van der Waals surface area contributed by atoms with Crippen molar-refractivity contribution in [2.75, 3.05) is 38.1 Å². The number of rotatable bonds is 9. The SMILES string of the molecule is C[C@@H]1CCCCO[C@H](CN(C)S(=O)(=O)c2cccs2)[C@@H](C)CN([C@@H](C)CO)C(=O)c2cc(NS(=O)(=O)c3ccccc3)ccc2O1. The summed E-state index contributed by atoms with van der Waals surface area (Å²) in [7, 11) is -6.15. The number of carbonyl (C=O) groups is 1. The lowest BCUT2D eigenvalue weighted by Gasteiger charge is -2.35. The molecule has 2 aromatic carbocycles. The number of aliphatic hydroxyl groups is 1. The Hall–Kier alpha value is -3.01. The molecule has 0 saturated heterocycles. The number of anilines is 1. The van der Waals surface area contributed by atoms with E-state index in [9.17, 15) is 26.7 Å². The molecule has 0 aliphatic carbocycles. The van der Waals surface area contributed by atoms with Crippen LogP contribution in [0.25, 0.3) is 0 Å². The molecule has 46 heavy (non-hydrogen) atoms. The molecule has 14 heteroatoms. The molecule has 1 aromatic heterocycles. The number of nitrogens with one attached hydrogen (secondary N) is 1. The third-order valence-electron chi connectivity index (χ3n) is 7.95. The van der Waals surface area contributed by atoms with Crippen LogP contribution in [0, 0.1) is 5.92 Å². The zero-order valence-corrected chi connectivity index (χ0v) is 29.0. The number of amides is 1. The fourth-order valence-electron chi connectivity index (χ4n) is 5.18. The number of carbonyl (C=O) groups excluding carboxylic acids is 1. The maximum atomic E-state index is 14.3. The molecule has 4 rings (SSSR count). The van der Waals surface area contributed by atoms with Crippen LogP contribution in [0.2, 0.25) is 0 Å². The third-order valence-corrected chi connectivity index (χ3v) is 12.5. The van der Waals surface area contributed by atoms with Gasteiger partial charge in [-0.3, -0.25) is 9.52 Å². The Balaban J connectivity index is 1.68. The van der Waals surface area contributed by atoms with Crippen molar-refractivity contribution in [1.29, 1.82) is 0 Å². The first-order chi connectivity index (χ1) is 21.8. The van der Waals surface area contributed by atoms with Gasteiger partial charge in [0.15, 0.2) is 0 Å². The van der Waals surface area contributed by atoms with Gasteiger partial charge in [-0.2, -0.15) is 4.31 Å². The number of fused-ring (bicyclic) bond motifs is 1. The Kier molecular flexibility index (Phi) is 12.2. The Bertz CT molecular complexity index is 1650. The molecule has 2 heterocycles. The average molecular weight is 694 g/mol. The normalized spacial score (nSPS) is 21.2. The smallest absolute Gasteiger partial charge is 0.261 e. The van der Waals surface area contributed by atoms with Crippen molar-refractivity contribution in [1.82, 2.24) is 9.21 Å². The first kappa shape index (κ1) is 35.8. The maximum Gasteiger partial charge on any atom is 0.261 e. The van der Waals surface area contributed by atoms with Gasteiger partial charge >= 0.3 is 0 Å². The van der Waals surface area contributed by atoms with Crippen LogP contribution in [0.3, 0.4) is 0 Å². The lowest BCUT2D eigenvalue weighted by atomic mass is 10.0. The van der Waals surface area contributed by atoms with Gasteiger partial charge in [0.1, 0.15) is 9.96 Å². The van der Waals surface area contributed by atoms with Gasteiger partial charge in [-0.1, -0.05) is 31.2 Å². The topological polar surface area (TPSA) is 143 Å². The highest BCUT2D eigenvalue weighted by Gasteiger charge is 2.33. The molecule has 2 N–H and O–H groups in total. The fourth-order valence-corrected chi connectivity index (χ4v) is 8.63. The molecule has 1 amide bonds. The minimum atomic E-state index is -3.93. The van der Waals surface area contributed by atoms with Gasteiger partial charge in [-0.15, -0.1) is 11.3 Å². The Morgan fingerprint density at radius 2 is 1.80 bits per heavy atom. The van der Waals surface area contributed by atoms with E-state index >= 15 is 0 Å². The Labute approximate surface area is 276 Å². The molecule has 252 valence electrons. The summed E-state index contributed by atoms with van der Waals surface area (Å²) in [6, 6.07) is 15.1. The van der Waals surface area contributed by atoms with E-state index in [1.807, 2.05) is 13.8 Å². The van der Waals surface area contributed by atoms with Crippen LogP contribution in [0.5, 0.6) is 5.75 Å². The second-order valence-electron chi connectivity index (χ2n) is 11.6. The van der Waals surface area contributed by atoms with Crippen molar-refractivity contribution in [2.24, 2.45) is 5.92 Å². The minimum Gasteiger partial charge on any atom is -0.490 e. The summed E-state index contributed by atoms with van der Waals surface area (Å²) in [5.41, 5.74) is 0.319. The molecule has 11 nitrogen and oxygen atoms in total. The number of hydrogen-bond acceptors (Lipinski definition) is 9. The lowest BCUT2D eigenvalue weighted by molar-refractivity contribution is -0.00832. The van der Waals surface area contributed by atoms with Crippen LogP contribution in [0.15, 0.2) is 75.1 Å². The van der Waals surface area contributed by atoms with E-state index in [0.29, 0.717) is 18.8 Å². The summed E-state index contributed by atoms with van der Waals surface area (Å²) in [5.74, 6) is -0.508. The highest BCUT2D eigenvalue weighted by molar-refractivity contribution is 7.92. The number of ether oxygens (including phenoxy) is 2. The van der Waals surface area contributed by atoms with E-state index in [2.05, 4.69) is 4.72 Å². The zero-order valence-electron chi connectivity index (χ0n) is 26.5. The Morgan fingerprint density at radius 1 is 1.07 bits per heavy atom. The Morgan fingerprint density at radius 3 is 2.48 bits per heavy atom. The van der Waals surface area contributed by atoms with Crippen molar-refractivity contribution < 1.29 is 36.2 Å². The van der Waals surface area contributed by atoms with E-state index in [0.717, 1.165) is 24.2 Å². The van der Waals surface area contributed by atoms with Gasteiger partial charge in [0.2, 0.25) is 0 Å². The lowest BCUT2D eigenvalue weighted by Crippen LogP contribution is -2.48. The monoisotopic (exact) mass is 693 g/mol. The van der Waals surface area contributed by atoms with E-state index in [1.165, 1.54) is 34.5 Å². The van der Waals surface area contributed by atoms with Crippen LogP contribution in [-0.2, 0) is 24.8 Å². The van der Waals surface area contributed by atoms with Gasteiger partial charge < -0.3 is 19.5 Å². The number of sulfonamides is 2. The quantitative estimate of drug-likeness (QED) is 0.330. The van der Waals surface area contributed by atoms with Gasteiger partial charge in [0, 0.05) is 38.3 Å². The summed E-state index contributed by atoms with van der Waals surface area (Å²) in [6.07, 6.45) is 1.35. The van der Waals surface area contributed by atoms with E-state index in [1.54, 1.807) is 54.8 Å². The summed E-state index contributed by atoms with van der Waals surface area (Å²) in [6.45, 7) is 5.77. The van der Waals surface area contributed by atoms with Crippen LogP contribution in [0.1, 0.15) is 50.4 Å². The van der Waals surface area contributed by atoms with Gasteiger partial charge in [0.05, 0.1) is 35.3 Å². The van der Waals surface area contributed by atoms with Crippen LogP contribution in [-0.4, -0.2) is 88.7 Å². The summed E-state index contributed by atoms with van der Waals surface area (Å²) >= 11 is 1.14. The van der Waals surface area contributed by atoms with Crippen LogP contribution in [0.4, 0.5) is 5.69 Å². The van der Waals surface area contributed by atoms with Gasteiger partial charge in [0.25, 0.3) is 26.0 Å². The number of benzene rings is 2. The number of likely N-dealkylation sites (N-methyl/N-ethyl adjacent to an activating group) is 1. The standard InChI is InChI=1S/C32H43N3O8S3/c1-23-20-35(24(2)22-36)32(37)28-19-26(33-45(38,39)27-12-6-5-7-13-27)15-16-29(28)43-25(3)11-8-9-17-42-30(23)21-34(4)46(40,41)31-14-10-18-44-31/h5-7,10,12-16,18-19,23-25,30,33,36H,8-9,11,17,20-22H2,1-4H3/t23-,24-,25+,30+/m0/s1. The van der Waals surface area contributed by atoms with Crippen molar-refractivity contribution in [3.63, 3.8) is 0 Å². The summed E-state index contributed by atoms with van der Waals surface area (Å²) in [5, 5.41) is 11.9. The first-order valence-electron chi connectivity index (χ1n) is 15.2. The summed E-state index contributed by atoms with van der Waals surface area (Å²) in [4.78, 5) is 15.9. The summed E-state index contributed by atoms with van der Waals surface area (Å²) < 4.78 is 69.2. The number of nitrogens with zero attached hydrogens (tertiary/aromatic N) is 2. The molecule has 0 unspecified atom stereocenters. The second kappa shape index (κ2) is 15.7. The predicted molar refractivity (Wildman–Crippen MR) is 178 cm³/mol. The van der Waals surface area contributed by atoms with Crippen molar-refractivity contribution in [2.45, 2.75) is 67.4 Å². The van der Waals surface area contributed by atoms with Crippen LogP contribution >= 0.6 is 11.3 Å². The van der Waals surface area contributed by atoms with Crippen molar-refractivity contribution in [3.8, 4) is 5.75 Å². The highest BCUT2D eigenvalue weighted by Crippen LogP contribution is 2.30. The second-order valence-corrected chi connectivity index (χ2v) is 16.5. The molecular formula is C32H43N3O8S3. The molecule has 0 bridgehead atoms. The highest BCUT2D eigenvalue weighted by atomic mass is 32.2. The number of aliphatic hydroxyl groups excluding tert-OH is 1. The van der Waals surface area contributed by atoms with Gasteiger partial charge in [-0.05, 0) is 74.9 Å². The zero-order chi connectivity index (χ0) is 33.5. The molecular weight excluding hydrogens is 651 g/mol. The van der Waals surface area contributed by atoms with E-state index < -0.39 is 38.1 Å². The number of thiophene rings is 1. The first-order valence-corrected chi connectivity index (χ1v) is 19.1. The molecule has 0 spiro atoms. The molecule has 0 fully saturated rings. The fraction of sp³-hybridized carbons (Fsp3) is 0.469. The number of hydrogen-bond donors (Lipinski definition) is 2. The van der Waals surface area contributed by atoms with Crippen LogP contribution < -0.4 is 9.46 Å². The largest absolute Gasteiger partial charge is 0.490 e. The predicted octanol–water partition coefficient (Wildman–Crippen LogP) is 4.67. The van der Waals surface area contributed by atoms with E-state index in [4.69, 9.17) is 9.47 Å². The third kappa shape index (κ3) is 8.87. The molecule has 3 aromatic rings. The maximum absolute atomic E-state index is 14.3. The van der Waals surface area contributed by atoms with Crippen molar-refractivity contribution in [3.05, 3.63) is 71.6 Å². The molecule has 0 saturated carbocycles. The van der Waals surface area contributed by atoms with E-state index in [-0.39, 0.29) is 52.1 Å². The molecule has 1 aliphatic rings. The average Bonchev–Trinajstić information content (AvgIpc) is 3.59.